The predicted octanol–water partition coefficient (Wildman–Crippen LogP) is 3.99. The highest BCUT2D eigenvalue weighted by atomic mass is 127. The van der Waals surface area contributed by atoms with E-state index in [1.165, 1.54) is 0 Å². The number of halogens is 4. The van der Waals surface area contributed by atoms with Crippen molar-refractivity contribution >= 4 is 45.8 Å². The average Bonchev–Trinajstić information content (AvgIpc) is 2.50. The number of terminal acetylenes is 1. The molecule has 1 aliphatic rings. The summed E-state index contributed by atoms with van der Waals surface area (Å²) >= 11 is 8.18. The Balaban J connectivity index is 2.34. The van der Waals surface area contributed by atoms with Crippen LogP contribution in [0.3, 0.4) is 0 Å². The Morgan fingerprint density at radius 2 is 2.26 bits per heavy atom. The molecular weight excluding hydrogens is 439 g/mol. The van der Waals surface area contributed by atoms with Crippen molar-refractivity contribution in [1.29, 1.82) is 0 Å². The van der Waals surface area contributed by atoms with E-state index in [1.54, 1.807) is 24.3 Å². The van der Waals surface area contributed by atoms with Crippen molar-refractivity contribution in [2.24, 2.45) is 0 Å². The SMILES string of the molecule is C#CCOc1ccc(C2=CCC(I)C(=O)N2CC(F)F)c(Cl)c1. The van der Waals surface area contributed by atoms with Gasteiger partial charge in [-0.2, -0.15) is 0 Å². The van der Waals surface area contributed by atoms with Gasteiger partial charge in [-0.05, 0) is 24.6 Å². The minimum absolute atomic E-state index is 0.102. The van der Waals surface area contributed by atoms with Crippen molar-refractivity contribution in [2.45, 2.75) is 16.8 Å². The molecule has 0 N–H and O–H groups in total. The van der Waals surface area contributed by atoms with E-state index >= 15 is 0 Å². The molecule has 1 atom stereocenters. The van der Waals surface area contributed by atoms with Gasteiger partial charge in [0.15, 0.2) is 0 Å². The van der Waals surface area contributed by atoms with Crippen LogP contribution in [-0.2, 0) is 4.79 Å². The van der Waals surface area contributed by atoms with E-state index in [-0.39, 0.29) is 16.4 Å². The summed E-state index contributed by atoms with van der Waals surface area (Å²) in [6, 6.07) is 4.83. The third-order valence-electron chi connectivity index (χ3n) is 3.20. The van der Waals surface area contributed by atoms with Gasteiger partial charge < -0.3 is 9.64 Å². The highest BCUT2D eigenvalue weighted by Crippen LogP contribution is 2.34. The molecule has 1 amide bonds. The zero-order valence-corrected chi connectivity index (χ0v) is 14.9. The van der Waals surface area contributed by atoms with E-state index in [9.17, 15) is 13.6 Å². The molecule has 0 fully saturated rings. The van der Waals surface area contributed by atoms with Crippen molar-refractivity contribution in [3.05, 3.63) is 34.9 Å². The minimum Gasteiger partial charge on any atom is -0.481 e. The first-order chi connectivity index (χ1) is 10.9. The molecule has 1 aromatic carbocycles. The Labute approximate surface area is 151 Å². The molecule has 1 unspecified atom stereocenters. The molecule has 0 spiro atoms. The number of carbonyl (C=O) groups is 1. The molecule has 0 aliphatic carbocycles. The fourth-order valence-corrected chi connectivity index (χ4v) is 3.07. The lowest BCUT2D eigenvalue weighted by atomic mass is 10.0. The number of amides is 1. The number of allylic oxidation sites excluding steroid dienone is 1. The zero-order chi connectivity index (χ0) is 17.0. The van der Waals surface area contributed by atoms with Crippen molar-refractivity contribution in [2.75, 3.05) is 13.2 Å². The lowest BCUT2D eigenvalue weighted by Gasteiger charge is -2.31. The Bertz CT molecular complexity index is 673. The highest BCUT2D eigenvalue weighted by Gasteiger charge is 2.31. The zero-order valence-electron chi connectivity index (χ0n) is 11.9. The van der Waals surface area contributed by atoms with Crippen molar-refractivity contribution < 1.29 is 18.3 Å². The van der Waals surface area contributed by atoms with Crippen molar-refractivity contribution in [1.82, 2.24) is 4.90 Å². The van der Waals surface area contributed by atoms with Crippen LogP contribution in [-0.4, -0.2) is 34.3 Å². The molecule has 1 heterocycles. The van der Waals surface area contributed by atoms with E-state index in [0.29, 0.717) is 28.5 Å². The van der Waals surface area contributed by atoms with Crippen LogP contribution in [0.15, 0.2) is 24.3 Å². The smallest absolute Gasteiger partial charge is 0.256 e. The molecule has 1 aliphatic heterocycles. The normalized spacial score (nSPS) is 17.9. The minimum atomic E-state index is -2.62. The van der Waals surface area contributed by atoms with Gasteiger partial charge in [0.05, 0.1) is 15.5 Å². The number of alkyl halides is 3. The van der Waals surface area contributed by atoms with Crippen LogP contribution in [0.25, 0.3) is 5.70 Å². The third kappa shape index (κ3) is 4.36. The molecule has 1 aromatic rings. The Hall–Kier alpha value is -1.33. The van der Waals surface area contributed by atoms with Gasteiger partial charge in [0.2, 0.25) is 5.91 Å². The van der Waals surface area contributed by atoms with Crippen LogP contribution in [0.2, 0.25) is 5.02 Å². The molecular formula is C16H13ClF2INO2. The number of rotatable bonds is 5. The summed E-state index contributed by atoms with van der Waals surface area (Å²) in [6.45, 7) is -0.555. The molecule has 7 heteroatoms. The second kappa shape index (κ2) is 7.97. The maximum absolute atomic E-state index is 12.8. The standard InChI is InChI=1S/C16H13ClF2INO2/c1-2-7-23-10-3-4-11(12(17)8-10)14-6-5-13(20)16(22)21(14)9-15(18)19/h1,3-4,6,8,13,15H,5,7,9H2. The van der Waals surface area contributed by atoms with E-state index in [4.69, 9.17) is 22.8 Å². The molecule has 0 bridgehead atoms. The second-order valence-electron chi connectivity index (χ2n) is 4.77. The summed E-state index contributed by atoms with van der Waals surface area (Å²) in [5.74, 6) is 2.48. The number of nitrogens with zero attached hydrogens (tertiary/aromatic N) is 1. The van der Waals surface area contributed by atoms with Gasteiger partial charge in [0.25, 0.3) is 6.43 Å². The van der Waals surface area contributed by atoms with E-state index < -0.39 is 13.0 Å². The van der Waals surface area contributed by atoms with Gasteiger partial charge in [0, 0.05) is 11.3 Å². The Morgan fingerprint density at radius 3 is 2.87 bits per heavy atom. The van der Waals surface area contributed by atoms with Gasteiger partial charge in [-0.25, -0.2) is 8.78 Å². The molecule has 23 heavy (non-hydrogen) atoms. The number of carbonyl (C=O) groups excluding carboxylic acids is 1. The first kappa shape index (κ1) is 18.0. The topological polar surface area (TPSA) is 29.5 Å². The van der Waals surface area contributed by atoms with E-state index in [2.05, 4.69) is 5.92 Å². The molecule has 122 valence electrons. The average molecular weight is 452 g/mol. The second-order valence-corrected chi connectivity index (χ2v) is 6.68. The quantitative estimate of drug-likeness (QED) is 0.385. The first-order valence-corrected chi connectivity index (χ1v) is 8.36. The number of hydrogen-bond acceptors (Lipinski definition) is 2. The van der Waals surface area contributed by atoms with Crippen LogP contribution in [0, 0.1) is 12.3 Å². The number of benzene rings is 1. The monoisotopic (exact) mass is 451 g/mol. The fourth-order valence-electron chi connectivity index (χ4n) is 2.21. The van der Waals surface area contributed by atoms with Gasteiger partial charge >= 0.3 is 0 Å². The largest absolute Gasteiger partial charge is 0.481 e. The molecule has 3 nitrogen and oxygen atoms in total. The lowest BCUT2D eigenvalue weighted by Crippen LogP contribution is -2.40. The maximum Gasteiger partial charge on any atom is 0.256 e. The molecule has 0 saturated carbocycles. The molecule has 0 aromatic heterocycles. The third-order valence-corrected chi connectivity index (χ3v) is 4.56. The fraction of sp³-hybridized carbons (Fsp3) is 0.312. The van der Waals surface area contributed by atoms with Crippen LogP contribution in [0.5, 0.6) is 5.75 Å². The van der Waals surface area contributed by atoms with Crippen LogP contribution in [0.1, 0.15) is 12.0 Å². The van der Waals surface area contributed by atoms with Crippen molar-refractivity contribution in [3.63, 3.8) is 0 Å². The van der Waals surface area contributed by atoms with E-state index in [1.807, 2.05) is 22.6 Å². The summed E-state index contributed by atoms with van der Waals surface area (Å²) in [4.78, 5) is 13.3. The van der Waals surface area contributed by atoms with Crippen LogP contribution >= 0.6 is 34.2 Å². The summed E-state index contributed by atoms with van der Waals surface area (Å²) < 4.78 is 30.5. The van der Waals surface area contributed by atoms with Crippen LogP contribution in [0.4, 0.5) is 8.78 Å². The van der Waals surface area contributed by atoms with Gasteiger partial charge in [0.1, 0.15) is 12.4 Å². The number of ether oxygens (including phenoxy) is 1. The molecule has 0 saturated heterocycles. The van der Waals surface area contributed by atoms with Crippen molar-refractivity contribution in [3.8, 4) is 18.1 Å². The number of hydrogen-bond donors (Lipinski definition) is 0. The molecule has 2 rings (SSSR count). The Morgan fingerprint density at radius 1 is 1.52 bits per heavy atom. The Kier molecular flexibility index (Phi) is 6.25. The van der Waals surface area contributed by atoms with Gasteiger partial charge in [-0.15, -0.1) is 6.42 Å². The first-order valence-electron chi connectivity index (χ1n) is 6.74. The predicted molar refractivity (Wildman–Crippen MR) is 93.9 cm³/mol. The van der Waals surface area contributed by atoms with E-state index in [0.717, 1.165) is 4.90 Å². The summed E-state index contributed by atoms with van der Waals surface area (Å²) in [7, 11) is 0. The summed E-state index contributed by atoms with van der Waals surface area (Å²) in [5, 5.41) is 0.310. The lowest BCUT2D eigenvalue weighted by molar-refractivity contribution is -0.128. The highest BCUT2D eigenvalue weighted by molar-refractivity contribution is 14.1. The van der Waals surface area contributed by atoms with Gasteiger partial charge in [-0.1, -0.05) is 46.2 Å². The van der Waals surface area contributed by atoms with Crippen LogP contribution < -0.4 is 4.74 Å². The maximum atomic E-state index is 12.8. The van der Waals surface area contributed by atoms with Gasteiger partial charge in [-0.3, -0.25) is 4.79 Å². The summed E-state index contributed by atoms with van der Waals surface area (Å²) in [6.07, 6.45) is 4.72. The summed E-state index contributed by atoms with van der Waals surface area (Å²) in [5.41, 5.74) is 0.911. The molecule has 0 radical (unpaired) electrons.